The number of aliphatic hydroxyl groups is 1. The molecule has 2 aromatic heterocycles. The highest BCUT2D eigenvalue weighted by molar-refractivity contribution is 5.47. The summed E-state index contributed by atoms with van der Waals surface area (Å²) < 4.78 is 0. The van der Waals surface area contributed by atoms with Gasteiger partial charge in [0, 0.05) is 63.5 Å². The van der Waals surface area contributed by atoms with E-state index in [0.717, 1.165) is 36.6 Å². The van der Waals surface area contributed by atoms with Gasteiger partial charge in [-0.25, -0.2) is 4.98 Å². The first-order valence-electron chi connectivity index (χ1n) is 8.30. The van der Waals surface area contributed by atoms with Crippen LogP contribution in [0.25, 0.3) is 0 Å². The molecule has 1 saturated heterocycles. The molecule has 7 nitrogen and oxygen atoms in total. The highest BCUT2D eigenvalue weighted by atomic mass is 16.3. The molecule has 2 atom stereocenters. The molecule has 2 unspecified atom stereocenters. The van der Waals surface area contributed by atoms with Gasteiger partial charge >= 0.3 is 0 Å². The van der Waals surface area contributed by atoms with Gasteiger partial charge in [0.15, 0.2) is 0 Å². The molecule has 3 heterocycles. The molecule has 128 valence electrons. The summed E-state index contributed by atoms with van der Waals surface area (Å²) in [5.74, 6) is 1.71. The van der Waals surface area contributed by atoms with Crippen LogP contribution in [0.3, 0.4) is 0 Å². The fourth-order valence-corrected chi connectivity index (χ4v) is 2.96. The van der Waals surface area contributed by atoms with Crippen molar-refractivity contribution in [3.05, 3.63) is 36.0 Å². The summed E-state index contributed by atoms with van der Waals surface area (Å²) in [6.45, 7) is 3.42. The zero-order valence-electron chi connectivity index (χ0n) is 14.4. The molecule has 0 saturated carbocycles. The molecule has 24 heavy (non-hydrogen) atoms. The topological polar surface area (TPSA) is 78.3 Å². The maximum atomic E-state index is 10.4. The number of β-amino-alcohol motifs (C(OH)–C–C–N with tert-alkyl or cyclic N) is 1. The van der Waals surface area contributed by atoms with Gasteiger partial charge < -0.3 is 14.9 Å². The maximum absolute atomic E-state index is 10.4. The Morgan fingerprint density at radius 1 is 1.21 bits per heavy atom. The number of hydrogen-bond donors (Lipinski definition) is 1. The molecule has 0 spiro atoms. The van der Waals surface area contributed by atoms with Crippen molar-refractivity contribution in [3.8, 4) is 0 Å². The number of rotatable bonds is 5. The molecule has 1 N–H and O–H groups in total. The lowest BCUT2D eigenvalue weighted by Gasteiger charge is -2.20. The Labute approximate surface area is 142 Å². The fraction of sp³-hybridized carbons (Fsp3) is 0.529. The summed E-state index contributed by atoms with van der Waals surface area (Å²) in [6.07, 6.45) is 6.30. The van der Waals surface area contributed by atoms with E-state index in [0.29, 0.717) is 12.5 Å². The van der Waals surface area contributed by atoms with Crippen molar-refractivity contribution in [2.45, 2.75) is 25.9 Å². The van der Waals surface area contributed by atoms with E-state index in [1.165, 1.54) is 0 Å². The van der Waals surface area contributed by atoms with Crippen LogP contribution < -0.4 is 9.80 Å². The third-order valence-electron chi connectivity index (χ3n) is 4.33. The third-order valence-corrected chi connectivity index (χ3v) is 4.33. The summed E-state index contributed by atoms with van der Waals surface area (Å²) >= 11 is 0. The molecule has 1 fully saturated rings. The smallest absolute Gasteiger partial charge is 0.227 e. The minimum atomic E-state index is -0.394. The largest absolute Gasteiger partial charge is 0.391 e. The third kappa shape index (κ3) is 3.62. The van der Waals surface area contributed by atoms with Crippen LogP contribution in [0, 0.1) is 5.92 Å². The van der Waals surface area contributed by atoms with E-state index < -0.39 is 6.10 Å². The Kier molecular flexibility index (Phi) is 4.89. The zero-order valence-corrected chi connectivity index (χ0v) is 14.4. The van der Waals surface area contributed by atoms with E-state index >= 15 is 0 Å². The molecule has 1 aliphatic rings. The van der Waals surface area contributed by atoms with Crippen LogP contribution in [0.5, 0.6) is 0 Å². The van der Waals surface area contributed by atoms with E-state index in [-0.39, 0.29) is 5.92 Å². The average molecular weight is 328 g/mol. The van der Waals surface area contributed by atoms with Gasteiger partial charge in [-0.05, 0) is 12.8 Å². The van der Waals surface area contributed by atoms with Crippen LogP contribution in [-0.2, 0) is 12.8 Å². The van der Waals surface area contributed by atoms with Crippen LogP contribution in [-0.4, -0.2) is 58.3 Å². The van der Waals surface area contributed by atoms with Crippen LogP contribution in [0.1, 0.15) is 18.3 Å². The zero-order chi connectivity index (χ0) is 17.1. The molecule has 3 rings (SSSR count). The number of anilines is 2. The Balaban J connectivity index is 1.77. The molecule has 0 bridgehead atoms. The van der Waals surface area contributed by atoms with Gasteiger partial charge in [0.1, 0.15) is 5.82 Å². The second kappa shape index (κ2) is 7.09. The summed E-state index contributed by atoms with van der Waals surface area (Å²) in [4.78, 5) is 21.6. The van der Waals surface area contributed by atoms with E-state index in [1.54, 1.807) is 18.6 Å². The second-order valence-electron chi connectivity index (χ2n) is 6.40. The predicted molar refractivity (Wildman–Crippen MR) is 93.2 cm³/mol. The molecule has 0 aromatic carbocycles. The van der Waals surface area contributed by atoms with Crippen LogP contribution in [0.15, 0.2) is 24.7 Å². The first-order chi connectivity index (χ1) is 11.6. The summed E-state index contributed by atoms with van der Waals surface area (Å²) in [7, 11) is 3.88. The first-order valence-corrected chi connectivity index (χ1v) is 8.30. The van der Waals surface area contributed by atoms with Crippen molar-refractivity contribution in [1.29, 1.82) is 0 Å². The lowest BCUT2D eigenvalue weighted by atomic mass is 10.0. The van der Waals surface area contributed by atoms with Gasteiger partial charge in [0.25, 0.3) is 0 Å². The van der Waals surface area contributed by atoms with Gasteiger partial charge in [-0.15, -0.1) is 0 Å². The molecular weight excluding hydrogens is 304 g/mol. The van der Waals surface area contributed by atoms with Crippen molar-refractivity contribution in [2.75, 3.05) is 37.0 Å². The summed E-state index contributed by atoms with van der Waals surface area (Å²) in [5, 5.41) is 10.4. The summed E-state index contributed by atoms with van der Waals surface area (Å²) in [5.41, 5.74) is 1.92. The molecule has 1 aliphatic heterocycles. The molecule has 0 aliphatic carbocycles. The standard InChI is InChI=1S/C17H24N6O/c1-4-13-8-16(21-17(20-13)22(2)3)23-10-12(15(24)11-23)7-14-9-18-5-6-19-14/h5-6,8-9,12,15,24H,4,7,10-11H2,1-3H3. The number of nitrogens with zero attached hydrogens (tertiary/aromatic N) is 6. The van der Waals surface area contributed by atoms with Crippen molar-refractivity contribution in [2.24, 2.45) is 5.92 Å². The highest BCUT2D eigenvalue weighted by Gasteiger charge is 2.32. The van der Waals surface area contributed by atoms with Gasteiger partial charge in [-0.3, -0.25) is 9.97 Å². The molecule has 0 radical (unpaired) electrons. The minimum absolute atomic E-state index is 0.129. The van der Waals surface area contributed by atoms with Crippen molar-refractivity contribution >= 4 is 11.8 Å². The Morgan fingerprint density at radius 3 is 2.71 bits per heavy atom. The van der Waals surface area contributed by atoms with Crippen molar-refractivity contribution in [1.82, 2.24) is 19.9 Å². The normalized spacial score (nSPS) is 20.4. The number of aryl methyl sites for hydroxylation is 1. The first kappa shape index (κ1) is 16.6. The average Bonchev–Trinajstić information content (AvgIpc) is 2.96. The van der Waals surface area contributed by atoms with Gasteiger partial charge in [0.2, 0.25) is 5.95 Å². The lowest BCUT2D eigenvalue weighted by Crippen LogP contribution is -2.24. The molecule has 2 aromatic rings. The lowest BCUT2D eigenvalue weighted by molar-refractivity contribution is 0.147. The molecular formula is C17H24N6O. The second-order valence-corrected chi connectivity index (χ2v) is 6.40. The Bertz CT molecular complexity index is 678. The van der Waals surface area contributed by atoms with Gasteiger partial charge in [-0.2, -0.15) is 4.98 Å². The Hall–Kier alpha value is -2.28. The van der Waals surface area contributed by atoms with Crippen molar-refractivity contribution < 1.29 is 5.11 Å². The number of aromatic nitrogens is 4. The quantitative estimate of drug-likeness (QED) is 0.875. The summed E-state index contributed by atoms with van der Waals surface area (Å²) in [6, 6.07) is 2.02. The Morgan fingerprint density at radius 2 is 2.04 bits per heavy atom. The van der Waals surface area contributed by atoms with Crippen LogP contribution in [0.4, 0.5) is 11.8 Å². The van der Waals surface area contributed by atoms with E-state index in [9.17, 15) is 5.11 Å². The van der Waals surface area contributed by atoms with Gasteiger partial charge in [-0.1, -0.05) is 6.92 Å². The van der Waals surface area contributed by atoms with E-state index in [4.69, 9.17) is 0 Å². The fourth-order valence-electron chi connectivity index (χ4n) is 2.96. The number of aliphatic hydroxyl groups excluding tert-OH is 1. The van der Waals surface area contributed by atoms with E-state index in [1.807, 2.05) is 25.1 Å². The van der Waals surface area contributed by atoms with Crippen molar-refractivity contribution in [3.63, 3.8) is 0 Å². The highest BCUT2D eigenvalue weighted by Crippen LogP contribution is 2.26. The maximum Gasteiger partial charge on any atom is 0.227 e. The molecule has 0 amide bonds. The van der Waals surface area contributed by atoms with Crippen LogP contribution in [0.2, 0.25) is 0 Å². The van der Waals surface area contributed by atoms with Crippen LogP contribution >= 0.6 is 0 Å². The predicted octanol–water partition coefficient (Wildman–Crippen LogP) is 0.935. The molecule has 7 heteroatoms. The van der Waals surface area contributed by atoms with Gasteiger partial charge in [0.05, 0.1) is 11.8 Å². The minimum Gasteiger partial charge on any atom is -0.391 e. The van der Waals surface area contributed by atoms with E-state index in [2.05, 4.69) is 31.8 Å². The monoisotopic (exact) mass is 328 g/mol. The number of hydrogen-bond acceptors (Lipinski definition) is 7. The SMILES string of the molecule is CCc1cc(N2CC(O)C(Cc3cnccn3)C2)nc(N(C)C)n1.